The minimum Gasteiger partial charge on any atom is -0.336 e. The van der Waals surface area contributed by atoms with E-state index in [0.717, 1.165) is 0 Å². The molecule has 0 aromatic heterocycles. The van der Waals surface area contributed by atoms with Gasteiger partial charge in [-0.1, -0.05) is 24.6 Å². The van der Waals surface area contributed by atoms with Crippen LogP contribution in [0, 0.1) is 11.3 Å². The van der Waals surface area contributed by atoms with Crippen LogP contribution in [0.1, 0.15) is 23.7 Å². The highest BCUT2D eigenvalue weighted by atomic mass is 79.9. The second kappa shape index (κ2) is 5.88. The van der Waals surface area contributed by atoms with Gasteiger partial charge in [0.2, 0.25) is 0 Å². The molecule has 0 radical (unpaired) electrons. The Bertz CT molecular complexity index is 442. The topological polar surface area (TPSA) is 52.9 Å². The van der Waals surface area contributed by atoms with E-state index in [4.69, 9.17) is 16.9 Å². The Morgan fingerprint density at radius 2 is 2.38 bits per heavy atom. The van der Waals surface area contributed by atoms with Crippen LogP contribution in [-0.4, -0.2) is 11.9 Å². The van der Waals surface area contributed by atoms with E-state index in [2.05, 4.69) is 21.2 Å². The first-order valence-electron chi connectivity index (χ1n) is 4.74. The van der Waals surface area contributed by atoms with E-state index in [1.165, 1.54) is 0 Å². The molecule has 5 heteroatoms. The average Bonchev–Trinajstić information content (AvgIpc) is 2.29. The molecule has 1 rings (SSSR count). The molecule has 1 aromatic carbocycles. The summed E-state index contributed by atoms with van der Waals surface area (Å²) in [5.74, 6) is -0.334. The van der Waals surface area contributed by atoms with Crippen molar-refractivity contribution in [1.82, 2.24) is 5.32 Å². The lowest BCUT2D eigenvalue weighted by atomic mass is 10.2. The highest BCUT2D eigenvalue weighted by Gasteiger charge is 2.15. The number of benzene rings is 1. The molecule has 1 aromatic rings. The number of nitriles is 1. The van der Waals surface area contributed by atoms with Crippen LogP contribution in [0.2, 0.25) is 5.02 Å². The summed E-state index contributed by atoms with van der Waals surface area (Å²) in [4.78, 5) is 11.8. The lowest BCUT2D eigenvalue weighted by Crippen LogP contribution is -2.33. The molecular weight excluding hydrogens is 291 g/mol. The van der Waals surface area contributed by atoms with Gasteiger partial charge >= 0.3 is 0 Å². The van der Waals surface area contributed by atoms with Crippen LogP contribution in [0.25, 0.3) is 0 Å². The fraction of sp³-hybridized carbons (Fsp3) is 0.273. The average molecular weight is 302 g/mol. The first-order chi connectivity index (χ1) is 7.60. The summed E-state index contributed by atoms with van der Waals surface area (Å²) in [6, 6.07) is 6.60. The van der Waals surface area contributed by atoms with Crippen molar-refractivity contribution in [2.24, 2.45) is 0 Å². The number of nitrogens with zero attached hydrogens (tertiary/aromatic N) is 1. The van der Waals surface area contributed by atoms with Gasteiger partial charge in [0.15, 0.2) is 0 Å². The maximum absolute atomic E-state index is 11.8. The SMILES string of the molecule is CCC(C#N)NC(=O)c1cccc(Br)c1Cl. The molecule has 0 aliphatic rings. The summed E-state index contributed by atoms with van der Waals surface area (Å²) < 4.78 is 0.659. The molecule has 1 unspecified atom stereocenters. The predicted molar refractivity (Wildman–Crippen MR) is 66.3 cm³/mol. The van der Waals surface area contributed by atoms with Crippen LogP contribution in [0.15, 0.2) is 22.7 Å². The molecule has 0 fully saturated rings. The van der Waals surface area contributed by atoms with Crippen molar-refractivity contribution < 1.29 is 4.79 Å². The number of nitrogens with one attached hydrogen (secondary N) is 1. The maximum atomic E-state index is 11.8. The highest BCUT2D eigenvalue weighted by Crippen LogP contribution is 2.25. The van der Waals surface area contributed by atoms with E-state index in [9.17, 15) is 4.79 Å². The fourth-order valence-corrected chi connectivity index (χ4v) is 1.72. The number of amides is 1. The molecule has 1 N–H and O–H groups in total. The van der Waals surface area contributed by atoms with Crippen LogP contribution in [0.5, 0.6) is 0 Å². The van der Waals surface area contributed by atoms with Gasteiger partial charge in [-0.3, -0.25) is 4.79 Å². The lowest BCUT2D eigenvalue weighted by molar-refractivity contribution is 0.0945. The molecule has 0 aliphatic heterocycles. The zero-order chi connectivity index (χ0) is 12.1. The van der Waals surface area contributed by atoms with Crippen LogP contribution >= 0.6 is 27.5 Å². The Balaban J connectivity index is 2.90. The largest absolute Gasteiger partial charge is 0.336 e. The highest BCUT2D eigenvalue weighted by molar-refractivity contribution is 9.10. The molecule has 0 aliphatic carbocycles. The van der Waals surface area contributed by atoms with Crippen molar-refractivity contribution in [1.29, 1.82) is 5.26 Å². The summed E-state index contributed by atoms with van der Waals surface area (Å²) in [5, 5.41) is 11.7. The molecule has 1 atom stereocenters. The number of hydrogen-bond acceptors (Lipinski definition) is 2. The van der Waals surface area contributed by atoms with Gasteiger partial charge < -0.3 is 5.32 Å². The van der Waals surface area contributed by atoms with E-state index in [0.29, 0.717) is 21.5 Å². The number of carbonyl (C=O) groups is 1. The van der Waals surface area contributed by atoms with E-state index in [1.54, 1.807) is 18.2 Å². The van der Waals surface area contributed by atoms with E-state index >= 15 is 0 Å². The van der Waals surface area contributed by atoms with Crippen molar-refractivity contribution in [3.63, 3.8) is 0 Å². The predicted octanol–water partition coefficient (Wildman–Crippen LogP) is 3.13. The lowest BCUT2D eigenvalue weighted by Gasteiger charge is -2.10. The summed E-state index contributed by atoms with van der Waals surface area (Å²) in [7, 11) is 0. The van der Waals surface area contributed by atoms with Gasteiger partial charge in [-0.25, -0.2) is 0 Å². The van der Waals surface area contributed by atoms with Gasteiger partial charge in [-0.2, -0.15) is 5.26 Å². The van der Waals surface area contributed by atoms with E-state index < -0.39 is 6.04 Å². The smallest absolute Gasteiger partial charge is 0.253 e. The van der Waals surface area contributed by atoms with Crippen molar-refractivity contribution in [3.8, 4) is 6.07 Å². The van der Waals surface area contributed by atoms with Gasteiger partial charge in [-0.15, -0.1) is 0 Å². The van der Waals surface area contributed by atoms with Crippen LogP contribution in [0.3, 0.4) is 0 Å². The monoisotopic (exact) mass is 300 g/mol. The molecule has 1 amide bonds. The van der Waals surface area contributed by atoms with Gasteiger partial charge in [0.25, 0.3) is 5.91 Å². The van der Waals surface area contributed by atoms with E-state index in [-0.39, 0.29) is 5.91 Å². The summed E-state index contributed by atoms with van der Waals surface area (Å²) in [5.41, 5.74) is 0.366. The van der Waals surface area contributed by atoms with Crippen LogP contribution < -0.4 is 5.32 Å². The number of carbonyl (C=O) groups excluding carboxylic acids is 1. The zero-order valence-electron chi connectivity index (χ0n) is 8.63. The Morgan fingerprint density at radius 1 is 1.69 bits per heavy atom. The van der Waals surface area contributed by atoms with Gasteiger partial charge in [0, 0.05) is 4.47 Å². The number of rotatable bonds is 3. The molecule has 3 nitrogen and oxygen atoms in total. The Kier molecular flexibility index (Phi) is 4.78. The van der Waals surface area contributed by atoms with Crippen molar-refractivity contribution in [2.45, 2.75) is 19.4 Å². The molecule has 84 valence electrons. The van der Waals surface area contributed by atoms with Crippen molar-refractivity contribution >= 4 is 33.4 Å². The second-order valence-corrected chi connectivity index (χ2v) is 4.40. The number of hydrogen-bond donors (Lipinski definition) is 1. The van der Waals surface area contributed by atoms with Crippen molar-refractivity contribution in [2.75, 3.05) is 0 Å². The van der Waals surface area contributed by atoms with E-state index in [1.807, 2.05) is 13.0 Å². The van der Waals surface area contributed by atoms with Gasteiger partial charge in [-0.05, 0) is 34.5 Å². The van der Waals surface area contributed by atoms with Gasteiger partial charge in [0.05, 0.1) is 16.7 Å². The zero-order valence-corrected chi connectivity index (χ0v) is 11.0. The molecule has 16 heavy (non-hydrogen) atoms. The Labute approximate surface area is 108 Å². The molecule has 0 heterocycles. The first kappa shape index (κ1) is 13.0. The molecule has 0 saturated heterocycles. The number of halogens is 2. The third kappa shape index (κ3) is 2.97. The molecular formula is C11H10BrClN2O. The minimum atomic E-state index is -0.484. The quantitative estimate of drug-likeness (QED) is 0.932. The Morgan fingerprint density at radius 3 is 2.94 bits per heavy atom. The fourth-order valence-electron chi connectivity index (χ4n) is 1.14. The van der Waals surface area contributed by atoms with Crippen LogP contribution in [0.4, 0.5) is 0 Å². The minimum absolute atomic E-state index is 0.334. The Hall–Kier alpha value is -1.05. The van der Waals surface area contributed by atoms with Gasteiger partial charge in [0.1, 0.15) is 6.04 Å². The summed E-state index contributed by atoms with van der Waals surface area (Å²) in [6.07, 6.45) is 0.563. The maximum Gasteiger partial charge on any atom is 0.253 e. The third-order valence-electron chi connectivity index (χ3n) is 2.07. The van der Waals surface area contributed by atoms with Crippen molar-refractivity contribution in [3.05, 3.63) is 33.3 Å². The molecule has 0 saturated carbocycles. The molecule has 0 spiro atoms. The molecule has 0 bridgehead atoms. The standard InChI is InChI=1S/C11H10BrClN2O/c1-2-7(6-14)15-11(16)8-4-3-5-9(12)10(8)13/h3-5,7H,2H2,1H3,(H,15,16). The summed E-state index contributed by atoms with van der Waals surface area (Å²) >= 11 is 9.21. The normalized spacial score (nSPS) is 11.6. The first-order valence-corrected chi connectivity index (χ1v) is 5.91. The third-order valence-corrected chi connectivity index (χ3v) is 3.36. The second-order valence-electron chi connectivity index (χ2n) is 3.16. The summed E-state index contributed by atoms with van der Waals surface area (Å²) in [6.45, 7) is 1.83. The van der Waals surface area contributed by atoms with Crippen LogP contribution in [-0.2, 0) is 0 Å².